The number of aryl methyl sites for hydroxylation is 1. The first kappa shape index (κ1) is 18.9. The van der Waals surface area contributed by atoms with Gasteiger partial charge in [0, 0.05) is 31.2 Å². The van der Waals surface area contributed by atoms with Crippen LogP contribution in [0.3, 0.4) is 0 Å². The molecule has 24 heavy (non-hydrogen) atoms. The SMILES string of the molecule is Cc1ccc(NC(=O)C(C)CN)cc1S(=O)(=O)N1CCCCCC1. The number of carbonyl (C=O) groups excluding carboxylic acids is 1. The number of carbonyl (C=O) groups is 1. The van der Waals surface area contributed by atoms with Gasteiger partial charge in [-0.2, -0.15) is 4.31 Å². The summed E-state index contributed by atoms with van der Waals surface area (Å²) in [6.07, 6.45) is 3.92. The zero-order chi connectivity index (χ0) is 17.7. The smallest absolute Gasteiger partial charge is 0.243 e. The lowest BCUT2D eigenvalue weighted by Gasteiger charge is -2.21. The molecule has 6 nitrogen and oxygen atoms in total. The minimum Gasteiger partial charge on any atom is -0.330 e. The highest BCUT2D eigenvalue weighted by Gasteiger charge is 2.27. The van der Waals surface area contributed by atoms with E-state index in [-0.39, 0.29) is 23.3 Å². The van der Waals surface area contributed by atoms with E-state index >= 15 is 0 Å². The average molecular weight is 353 g/mol. The number of benzene rings is 1. The molecule has 1 fully saturated rings. The molecule has 1 saturated heterocycles. The van der Waals surface area contributed by atoms with Crippen LogP contribution in [0.15, 0.2) is 23.1 Å². The van der Waals surface area contributed by atoms with Gasteiger partial charge in [-0.3, -0.25) is 4.79 Å². The molecule has 2 rings (SSSR count). The van der Waals surface area contributed by atoms with E-state index in [2.05, 4.69) is 5.32 Å². The molecule has 134 valence electrons. The second-order valence-electron chi connectivity index (χ2n) is 6.42. The van der Waals surface area contributed by atoms with Crippen LogP contribution in [0.25, 0.3) is 0 Å². The van der Waals surface area contributed by atoms with E-state index in [0.717, 1.165) is 25.7 Å². The fourth-order valence-corrected chi connectivity index (χ4v) is 4.52. The fraction of sp³-hybridized carbons (Fsp3) is 0.588. The fourth-order valence-electron chi connectivity index (χ4n) is 2.75. The standard InChI is InChI=1S/C17H27N3O3S/c1-13-7-8-15(19-17(21)14(2)12-18)11-16(13)24(22,23)20-9-5-3-4-6-10-20/h7-8,11,14H,3-6,9-10,12,18H2,1-2H3,(H,19,21). The predicted molar refractivity (Wildman–Crippen MR) is 95.3 cm³/mol. The zero-order valence-electron chi connectivity index (χ0n) is 14.4. The van der Waals surface area contributed by atoms with E-state index in [1.165, 1.54) is 0 Å². The van der Waals surface area contributed by atoms with Gasteiger partial charge in [-0.25, -0.2) is 8.42 Å². The summed E-state index contributed by atoms with van der Waals surface area (Å²) >= 11 is 0. The summed E-state index contributed by atoms with van der Waals surface area (Å²) in [6.45, 7) is 4.87. The summed E-state index contributed by atoms with van der Waals surface area (Å²) in [6, 6.07) is 5.00. The first-order valence-electron chi connectivity index (χ1n) is 8.48. The van der Waals surface area contributed by atoms with Crippen LogP contribution >= 0.6 is 0 Å². The van der Waals surface area contributed by atoms with Crippen LogP contribution < -0.4 is 11.1 Å². The van der Waals surface area contributed by atoms with Crippen molar-refractivity contribution in [2.45, 2.75) is 44.4 Å². The number of hydrogen-bond acceptors (Lipinski definition) is 4. The van der Waals surface area contributed by atoms with Crippen molar-refractivity contribution in [2.24, 2.45) is 11.7 Å². The number of sulfonamides is 1. The molecule has 1 aromatic carbocycles. The number of hydrogen-bond donors (Lipinski definition) is 2. The molecule has 1 aliphatic heterocycles. The second-order valence-corrected chi connectivity index (χ2v) is 8.33. The van der Waals surface area contributed by atoms with Gasteiger partial charge in [0.2, 0.25) is 15.9 Å². The maximum atomic E-state index is 13.0. The highest BCUT2D eigenvalue weighted by atomic mass is 32.2. The predicted octanol–water partition coefficient (Wildman–Crippen LogP) is 2.09. The van der Waals surface area contributed by atoms with E-state index in [0.29, 0.717) is 24.3 Å². The van der Waals surface area contributed by atoms with E-state index in [1.807, 2.05) is 0 Å². The summed E-state index contributed by atoms with van der Waals surface area (Å²) in [5, 5.41) is 2.75. The van der Waals surface area contributed by atoms with E-state index in [4.69, 9.17) is 5.73 Å². The van der Waals surface area contributed by atoms with Crippen molar-refractivity contribution in [2.75, 3.05) is 25.0 Å². The summed E-state index contributed by atoms with van der Waals surface area (Å²) in [4.78, 5) is 12.3. The van der Waals surface area contributed by atoms with Gasteiger partial charge in [0.25, 0.3) is 0 Å². The van der Waals surface area contributed by atoms with Crippen molar-refractivity contribution >= 4 is 21.6 Å². The first-order chi connectivity index (χ1) is 11.4. The van der Waals surface area contributed by atoms with Crippen LogP contribution in [0.5, 0.6) is 0 Å². The molecule has 1 aromatic rings. The summed E-state index contributed by atoms with van der Waals surface area (Å²) in [7, 11) is -3.54. The quantitative estimate of drug-likeness (QED) is 0.848. The van der Waals surface area contributed by atoms with Gasteiger partial charge in [0.05, 0.1) is 4.90 Å². The minimum atomic E-state index is -3.54. The zero-order valence-corrected chi connectivity index (χ0v) is 15.2. The third kappa shape index (κ3) is 4.34. The Morgan fingerprint density at radius 3 is 2.46 bits per heavy atom. The van der Waals surface area contributed by atoms with Crippen LogP contribution in [-0.2, 0) is 14.8 Å². The van der Waals surface area contributed by atoms with Crippen molar-refractivity contribution in [3.05, 3.63) is 23.8 Å². The van der Waals surface area contributed by atoms with Gasteiger partial charge in [-0.05, 0) is 37.5 Å². The van der Waals surface area contributed by atoms with Crippen molar-refractivity contribution in [1.82, 2.24) is 4.31 Å². The Balaban J connectivity index is 2.28. The van der Waals surface area contributed by atoms with Crippen molar-refractivity contribution in [3.63, 3.8) is 0 Å². The average Bonchev–Trinajstić information content (AvgIpc) is 2.85. The Bertz CT molecular complexity index is 680. The summed E-state index contributed by atoms with van der Waals surface area (Å²) < 4.78 is 27.5. The van der Waals surface area contributed by atoms with Crippen LogP contribution in [0.4, 0.5) is 5.69 Å². The highest BCUT2D eigenvalue weighted by molar-refractivity contribution is 7.89. The van der Waals surface area contributed by atoms with E-state index < -0.39 is 10.0 Å². The first-order valence-corrected chi connectivity index (χ1v) is 9.92. The molecule has 7 heteroatoms. The normalized spacial score (nSPS) is 18.0. The number of nitrogens with two attached hydrogens (primary N) is 1. The van der Waals surface area contributed by atoms with Gasteiger partial charge in [-0.15, -0.1) is 0 Å². The van der Waals surface area contributed by atoms with Crippen LogP contribution in [0.2, 0.25) is 0 Å². The summed E-state index contributed by atoms with van der Waals surface area (Å²) in [5.74, 6) is -0.531. The molecule has 0 aromatic heterocycles. The molecule has 0 spiro atoms. The highest BCUT2D eigenvalue weighted by Crippen LogP contribution is 2.26. The second kappa shape index (κ2) is 8.09. The molecule has 1 heterocycles. The molecule has 1 atom stereocenters. The van der Waals surface area contributed by atoms with E-state index in [9.17, 15) is 13.2 Å². The molecule has 0 bridgehead atoms. The lowest BCUT2D eigenvalue weighted by molar-refractivity contribution is -0.119. The molecule has 3 N–H and O–H groups in total. The molecule has 0 saturated carbocycles. The van der Waals surface area contributed by atoms with Gasteiger partial charge >= 0.3 is 0 Å². The Labute approximate surface area is 144 Å². The molecule has 1 amide bonds. The maximum absolute atomic E-state index is 13.0. The molecule has 1 unspecified atom stereocenters. The van der Waals surface area contributed by atoms with Crippen LogP contribution in [0, 0.1) is 12.8 Å². The molecular weight excluding hydrogens is 326 g/mol. The monoisotopic (exact) mass is 353 g/mol. The van der Waals surface area contributed by atoms with Gasteiger partial charge in [-0.1, -0.05) is 25.8 Å². The number of amides is 1. The topological polar surface area (TPSA) is 92.5 Å². The Hall–Kier alpha value is -1.44. The van der Waals surface area contributed by atoms with Crippen LogP contribution in [-0.4, -0.2) is 38.3 Å². The molecule has 0 radical (unpaired) electrons. The molecule has 0 aliphatic carbocycles. The number of rotatable bonds is 5. The molecular formula is C17H27N3O3S. The largest absolute Gasteiger partial charge is 0.330 e. The van der Waals surface area contributed by atoms with Crippen molar-refractivity contribution in [1.29, 1.82) is 0 Å². The Morgan fingerprint density at radius 2 is 1.88 bits per heavy atom. The maximum Gasteiger partial charge on any atom is 0.243 e. The Kier molecular flexibility index (Phi) is 6.37. The third-order valence-corrected chi connectivity index (χ3v) is 6.48. The van der Waals surface area contributed by atoms with Gasteiger partial charge in [0.1, 0.15) is 0 Å². The third-order valence-electron chi connectivity index (χ3n) is 4.44. The number of nitrogens with zero attached hydrogens (tertiary/aromatic N) is 1. The molecule has 1 aliphatic rings. The van der Waals surface area contributed by atoms with Gasteiger partial charge in [0.15, 0.2) is 0 Å². The number of anilines is 1. The minimum absolute atomic E-state index is 0.209. The van der Waals surface area contributed by atoms with E-state index in [1.54, 1.807) is 36.4 Å². The van der Waals surface area contributed by atoms with Crippen molar-refractivity contribution < 1.29 is 13.2 Å². The number of nitrogens with one attached hydrogen (secondary N) is 1. The summed E-state index contributed by atoms with van der Waals surface area (Å²) in [5.41, 5.74) is 6.67. The Morgan fingerprint density at radius 1 is 1.25 bits per heavy atom. The van der Waals surface area contributed by atoms with Gasteiger partial charge < -0.3 is 11.1 Å². The lowest BCUT2D eigenvalue weighted by Crippen LogP contribution is -2.32. The van der Waals surface area contributed by atoms with Crippen molar-refractivity contribution in [3.8, 4) is 0 Å². The lowest BCUT2D eigenvalue weighted by atomic mass is 10.1. The van der Waals surface area contributed by atoms with Crippen LogP contribution in [0.1, 0.15) is 38.2 Å².